The highest BCUT2D eigenvalue weighted by molar-refractivity contribution is 7.99. The van der Waals surface area contributed by atoms with Gasteiger partial charge in [-0.1, -0.05) is 19.8 Å². The predicted molar refractivity (Wildman–Crippen MR) is 90.5 cm³/mol. The van der Waals surface area contributed by atoms with Crippen LogP contribution in [0.25, 0.3) is 0 Å². The summed E-state index contributed by atoms with van der Waals surface area (Å²) in [7, 11) is 0. The van der Waals surface area contributed by atoms with E-state index in [0.29, 0.717) is 12.7 Å². The summed E-state index contributed by atoms with van der Waals surface area (Å²) in [6.07, 6.45) is 6.38. The van der Waals surface area contributed by atoms with Crippen molar-refractivity contribution in [2.75, 3.05) is 24.7 Å². The number of aliphatic imine (C=N–C) groups is 1. The van der Waals surface area contributed by atoms with Crippen LogP contribution in [0.2, 0.25) is 0 Å². The molecule has 4 heteroatoms. The van der Waals surface area contributed by atoms with Gasteiger partial charge >= 0.3 is 6.08 Å². The molecule has 0 heterocycles. The van der Waals surface area contributed by atoms with E-state index in [1.165, 1.54) is 30.8 Å². The Morgan fingerprint density at radius 1 is 1.10 bits per heavy atom. The van der Waals surface area contributed by atoms with E-state index in [4.69, 9.17) is 9.47 Å². The van der Waals surface area contributed by atoms with Gasteiger partial charge in [0.15, 0.2) is 0 Å². The Bertz CT molecular complexity index is 249. The summed E-state index contributed by atoms with van der Waals surface area (Å²) in [4.78, 5) is 4.40. The van der Waals surface area contributed by atoms with Crippen molar-refractivity contribution in [3.05, 3.63) is 6.92 Å². The fraction of sp³-hybridized carbons (Fsp3) is 0.875. The van der Waals surface area contributed by atoms with Crippen molar-refractivity contribution in [2.45, 2.75) is 65.4 Å². The fourth-order valence-corrected chi connectivity index (χ4v) is 2.35. The highest BCUT2D eigenvalue weighted by Crippen LogP contribution is 2.10. The lowest BCUT2D eigenvalue weighted by Gasteiger charge is -2.21. The summed E-state index contributed by atoms with van der Waals surface area (Å²) < 4.78 is 11.1. The van der Waals surface area contributed by atoms with Gasteiger partial charge in [-0.2, -0.15) is 11.8 Å². The second-order valence-corrected chi connectivity index (χ2v) is 6.90. The zero-order valence-electron chi connectivity index (χ0n) is 13.7. The molecule has 0 bridgehead atoms. The first-order valence-corrected chi connectivity index (χ1v) is 8.88. The minimum absolute atomic E-state index is 0.251. The molecule has 1 radical (unpaired) electrons. The Balaban J connectivity index is 3.67. The summed E-state index contributed by atoms with van der Waals surface area (Å²) >= 11 is 2.00. The number of hydrogen-bond acceptors (Lipinski definition) is 4. The van der Waals surface area contributed by atoms with Crippen LogP contribution in [-0.2, 0) is 9.47 Å². The SMILES string of the molecule is [CH2]CCSCCCCCCN=C(OCC)OC(C)(C)C. The van der Waals surface area contributed by atoms with Crippen molar-refractivity contribution in [2.24, 2.45) is 4.99 Å². The smallest absolute Gasteiger partial charge is 0.383 e. The average molecular weight is 303 g/mol. The van der Waals surface area contributed by atoms with Gasteiger partial charge in [-0.3, -0.25) is 0 Å². The van der Waals surface area contributed by atoms with Crippen LogP contribution in [0.15, 0.2) is 4.99 Å². The maximum Gasteiger partial charge on any atom is 0.383 e. The summed E-state index contributed by atoms with van der Waals surface area (Å²) in [5.74, 6) is 2.45. The van der Waals surface area contributed by atoms with Crippen molar-refractivity contribution in [3.8, 4) is 0 Å². The lowest BCUT2D eigenvalue weighted by atomic mass is 10.2. The Labute approximate surface area is 129 Å². The van der Waals surface area contributed by atoms with Crippen molar-refractivity contribution < 1.29 is 9.47 Å². The molecule has 0 aliphatic carbocycles. The van der Waals surface area contributed by atoms with Crippen molar-refractivity contribution in [1.82, 2.24) is 0 Å². The molecule has 0 spiro atoms. The molecule has 0 aromatic heterocycles. The van der Waals surface area contributed by atoms with E-state index in [1.54, 1.807) is 0 Å². The molecule has 0 atom stereocenters. The highest BCUT2D eigenvalue weighted by Gasteiger charge is 2.15. The van der Waals surface area contributed by atoms with Crippen LogP contribution in [0.5, 0.6) is 0 Å². The Morgan fingerprint density at radius 3 is 2.40 bits per heavy atom. The van der Waals surface area contributed by atoms with Gasteiger partial charge in [-0.05, 0) is 58.5 Å². The number of hydrogen-bond donors (Lipinski definition) is 0. The van der Waals surface area contributed by atoms with E-state index in [9.17, 15) is 0 Å². The molecule has 0 aromatic rings. The van der Waals surface area contributed by atoms with Gasteiger partial charge in [0.2, 0.25) is 0 Å². The molecule has 0 aromatic carbocycles. The molecular formula is C16H32NO2S. The second kappa shape index (κ2) is 12.4. The zero-order chi connectivity index (χ0) is 15.3. The van der Waals surface area contributed by atoms with Gasteiger partial charge in [0.05, 0.1) is 6.61 Å². The number of rotatable bonds is 10. The molecule has 0 saturated heterocycles. The maximum atomic E-state index is 5.67. The van der Waals surface area contributed by atoms with E-state index in [1.807, 2.05) is 39.5 Å². The summed E-state index contributed by atoms with van der Waals surface area (Å²) in [5, 5.41) is 0. The molecule has 0 amide bonds. The molecule has 119 valence electrons. The molecule has 20 heavy (non-hydrogen) atoms. The minimum atomic E-state index is -0.251. The Morgan fingerprint density at radius 2 is 1.80 bits per heavy atom. The quantitative estimate of drug-likeness (QED) is 0.332. The molecule has 0 unspecified atom stereocenters. The largest absolute Gasteiger partial charge is 0.451 e. The van der Waals surface area contributed by atoms with Gasteiger partial charge in [-0.25, -0.2) is 4.99 Å². The van der Waals surface area contributed by atoms with Crippen molar-refractivity contribution in [3.63, 3.8) is 0 Å². The topological polar surface area (TPSA) is 30.8 Å². The summed E-state index contributed by atoms with van der Waals surface area (Å²) in [6, 6.07) is 0. The molecule has 0 N–H and O–H groups in total. The number of ether oxygens (including phenoxy) is 2. The zero-order valence-corrected chi connectivity index (χ0v) is 14.6. The van der Waals surface area contributed by atoms with Gasteiger partial charge in [-0.15, -0.1) is 0 Å². The lowest BCUT2D eigenvalue weighted by molar-refractivity contribution is 0.0601. The number of unbranched alkanes of at least 4 members (excludes halogenated alkanes) is 3. The molecule has 0 saturated carbocycles. The van der Waals surface area contributed by atoms with Crippen LogP contribution < -0.4 is 0 Å². The van der Waals surface area contributed by atoms with Crippen molar-refractivity contribution >= 4 is 17.8 Å². The number of nitrogens with zero attached hydrogens (tertiary/aromatic N) is 1. The molecule has 0 fully saturated rings. The minimum Gasteiger partial charge on any atom is -0.451 e. The second-order valence-electron chi connectivity index (χ2n) is 5.68. The average Bonchev–Trinajstić information content (AvgIpc) is 2.35. The molecule has 0 aliphatic rings. The standard InChI is InChI=1S/C16H32NO2S/c1-6-13-20-14-11-9-8-10-12-17-15(18-7-2)19-16(3,4)5/h1,6-14H2,2-5H3. The van der Waals surface area contributed by atoms with E-state index in [2.05, 4.69) is 11.9 Å². The van der Waals surface area contributed by atoms with Crippen LogP contribution in [0.1, 0.15) is 59.8 Å². The fourth-order valence-electron chi connectivity index (χ4n) is 1.54. The molecule has 3 nitrogen and oxygen atoms in total. The van der Waals surface area contributed by atoms with Crippen LogP contribution in [0, 0.1) is 6.92 Å². The third kappa shape index (κ3) is 14.0. The molecule has 0 rings (SSSR count). The van der Waals surface area contributed by atoms with Crippen LogP contribution in [0.3, 0.4) is 0 Å². The maximum absolute atomic E-state index is 5.67. The van der Waals surface area contributed by atoms with E-state index in [-0.39, 0.29) is 5.60 Å². The number of thioether (sulfide) groups is 1. The van der Waals surface area contributed by atoms with E-state index in [0.717, 1.165) is 19.4 Å². The van der Waals surface area contributed by atoms with E-state index < -0.39 is 0 Å². The Kier molecular flexibility index (Phi) is 12.1. The van der Waals surface area contributed by atoms with Crippen LogP contribution >= 0.6 is 11.8 Å². The van der Waals surface area contributed by atoms with Gasteiger partial charge in [0.1, 0.15) is 5.60 Å². The normalized spacial score (nSPS) is 12.6. The van der Waals surface area contributed by atoms with Gasteiger partial charge in [0.25, 0.3) is 0 Å². The molecule has 0 aliphatic heterocycles. The van der Waals surface area contributed by atoms with Crippen molar-refractivity contribution in [1.29, 1.82) is 0 Å². The molecular weight excluding hydrogens is 270 g/mol. The summed E-state index contributed by atoms with van der Waals surface area (Å²) in [5.41, 5.74) is -0.251. The Hall–Kier alpha value is -0.380. The first-order chi connectivity index (χ1) is 9.49. The first kappa shape index (κ1) is 19.6. The third-order valence-corrected chi connectivity index (χ3v) is 3.54. The highest BCUT2D eigenvalue weighted by atomic mass is 32.2. The first-order valence-electron chi connectivity index (χ1n) is 7.73. The monoisotopic (exact) mass is 302 g/mol. The summed E-state index contributed by atoms with van der Waals surface area (Å²) in [6.45, 7) is 13.2. The van der Waals surface area contributed by atoms with E-state index >= 15 is 0 Å². The lowest BCUT2D eigenvalue weighted by Crippen LogP contribution is -2.26. The van der Waals surface area contributed by atoms with Crippen LogP contribution in [-0.4, -0.2) is 36.3 Å². The predicted octanol–water partition coefficient (Wildman–Crippen LogP) is 4.71. The van der Waals surface area contributed by atoms with Gasteiger partial charge < -0.3 is 9.47 Å². The van der Waals surface area contributed by atoms with Gasteiger partial charge in [0, 0.05) is 6.54 Å². The third-order valence-electron chi connectivity index (χ3n) is 2.39. The van der Waals surface area contributed by atoms with Crippen LogP contribution in [0.4, 0.5) is 0 Å².